The Bertz CT molecular complexity index is 1250. The van der Waals surface area contributed by atoms with Crippen molar-refractivity contribution >= 4 is 11.8 Å². The van der Waals surface area contributed by atoms with Crippen LogP contribution in [0.25, 0.3) is 0 Å². The maximum Gasteiger partial charge on any atom is 0.261 e. The van der Waals surface area contributed by atoms with Crippen molar-refractivity contribution in [2.45, 2.75) is 68.0 Å². The molecular weight excluding hydrogens is 456 g/mol. The van der Waals surface area contributed by atoms with Crippen LogP contribution in [0.1, 0.15) is 70.4 Å². The Labute approximate surface area is 210 Å². The minimum absolute atomic E-state index is 0.0460. The minimum Gasteiger partial charge on any atom is -0.504 e. The van der Waals surface area contributed by atoms with Crippen LogP contribution in [0, 0.1) is 5.92 Å². The van der Waals surface area contributed by atoms with Crippen molar-refractivity contribution in [3.8, 4) is 11.5 Å². The number of likely N-dealkylation sites (tertiary alicyclic amines) is 1. The zero-order valence-corrected chi connectivity index (χ0v) is 20.6. The molecule has 0 aromatic heterocycles. The summed E-state index contributed by atoms with van der Waals surface area (Å²) in [6.45, 7) is 1.83. The number of nitrogens with zero attached hydrogens (tertiary/aromatic N) is 2. The number of hydrogen-bond donors (Lipinski definition) is 2. The number of carbonyl (C=O) groups excluding carboxylic acids is 2. The number of phenolic OH excluding ortho intramolecular Hbond substituents is 1. The van der Waals surface area contributed by atoms with Gasteiger partial charge in [-0.25, -0.2) is 0 Å². The quantitative estimate of drug-likeness (QED) is 0.642. The third-order valence-electron chi connectivity index (χ3n) is 9.81. The summed E-state index contributed by atoms with van der Waals surface area (Å²) < 4.78 is 5.48. The number of piperidine rings is 1. The molecule has 2 heterocycles. The Morgan fingerprint density at radius 2 is 1.75 bits per heavy atom. The van der Waals surface area contributed by atoms with Crippen LogP contribution in [0.3, 0.4) is 0 Å². The first-order valence-corrected chi connectivity index (χ1v) is 13.2. The number of benzene rings is 2. The van der Waals surface area contributed by atoms with E-state index in [4.69, 9.17) is 4.74 Å². The van der Waals surface area contributed by atoms with E-state index in [1.807, 2.05) is 6.07 Å². The molecule has 0 spiro atoms. The molecule has 4 atom stereocenters. The van der Waals surface area contributed by atoms with E-state index in [0.717, 1.165) is 24.2 Å². The molecule has 2 aromatic rings. The molecule has 4 unspecified atom stereocenters. The molecule has 2 aromatic carbocycles. The van der Waals surface area contributed by atoms with E-state index in [9.17, 15) is 19.8 Å². The smallest absolute Gasteiger partial charge is 0.261 e. The molecule has 5 aliphatic rings. The Hall–Kier alpha value is -2.90. The van der Waals surface area contributed by atoms with Gasteiger partial charge in [-0.05, 0) is 81.2 Å². The molecule has 0 radical (unpaired) electrons. The van der Waals surface area contributed by atoms with Crippen molar-refractivity contribution in [1.29, 1.82) is 0 Å². The van der Waals surface area contributed by atoms with E-state index < -0.39 is 11.0 Å². The van der Waals surface area contributed by atoms with E-state index in [1.165, 1.54) is 24.9 Å². The van der Waals surface area contributed by atoms with E-state index in [1.54, 1.807) is 30.3 Å². The summed E-state index contributed by atoms with van der Waals surface area (Å²) in [6.07, 6.45) is 5.32. The lowest BCUT2D eigenvalue weighted by molar-refractivity contribution is -0.174. The molecule has 3 aliphatic carbocycles. The highest BCUT2D eigenvalue weighted by molar-refractivity contribution is 6.21. The lowest BCUT2D eigenvalue weighted by Crippen LogP contribution is -2.74. The van der Waals surface area contributed by atoms with E-state index in [-0.39, 0.29) is 29.6 Å². The van der Waals surface area contributed by atoms with Crippen LogP contribution >= 0.6 is 0 Å². The summed E-state index contributed by atoms with van der Waals surface area (Å²) >= 11 is 0. The highest BCUT2D eigenvalue weighted by Gasteiger charge is 2.66. The first kappa shape index (κ1) is 22.3. The second-order valence-electron chi connectivity index (χ2n) is 11.5. The number of hydrogen-bond acceptors (Lipinski definition) is 6. The van der Waals surface area contributed by atoms with Gasteiger partial charge in [0.15, 0.2) is 11.5 Å². The van der Waals surface area contributed by atoms with Gasteiger partial charge in [0.05, 0.1) is 23.8 Å². The second kappa shape index (κ2) is 7.56. The van der Waals surface area contributed by atoms with E-state index in [0.29, 0.717) is 54.9 Å². The highest BCUT2D eigenvalue weighted by Crippen LogP contribution is 2.62. The molecule has 7 heteroatoms. The average Bonchev–Trinajstić information content (AvgIpc) is 3.66. The summed E-state index contributed by atoms with van der Waals surface area (Å²) in [5.41, 5.74) is 0.881. The molecule has 2 N–H and O–H groups in total. The van der Waals surface area contributed by atoms with Gasteiger partial charge in [-0.1, -0.05) is 18.2 Å². The molecule has 7 rings (SSSR count). The number of imide groups is 1. The van der Waals surface area contributed by atoms with Crippen molar-refractivity contribution in [3.63, 3.8) is 0 Å². The summed E-state index contributed by atoms with van der Waals surface area (Å²) in [5.74, 6) is 0.686. The topological polar surface area (TPSA) is 90.3 Å². The lowest BCUT2D eigenvalue weighted by atomic mass is 9.48. The van der Waals surface area contributed by atoms with Gasteiger partial charge in [0.1, 0.15) is 0 Å². The SMILES string of the molecule is COc1ccc2c(c1O)C13CCN(CC4CC4)C(C2)C1(O)CCC(N1C(=O)c2ccccc2C1=O)C3. The molecule has 2 amide bonds. The van der Waals surface area contributed by atoms with Gasteiger partial charge in [-0.3, -0.25) is 19.4 Å². The number of amides is 2. The molecule has 36 heavy (non-hydrogen) atoms. The van der Waals surface area contributed by atoms with Gasteiger partial charge in [0.25, 0.3) is 11.8 Å². The molecule has 3 fully saturated rings. The molecule has 2 bridgehead atoms. The molecule has 2 aliphatic heterocycles. The number of carbonyl (C=O) groups is 2. The number of fused-ring (bicyclic) bond motifs is 2. The summed E-state index contributed by atoms with van der Waals surface area (Å²) in [4.78, 5) is 30.7. The molecular formula is C29H32N2O5. The number of aliphatic hydroxyl groups is 1. The standard InChI is InChI=1S/C29H32N2O5/c1-36-22-9-8-18-14-23-29(35)11-10-19(31-26(33)20-4-2-3-5-21(20)27(31)34)15-28(29,24(18)25(22)32)12-13-30(23)16-17-6-7-17/h2-5,8-9,17,19,23,32,35H,6-7,10-16H2,1H3. The number of rotatable bonds is 4. The predicted octanol–water partition coefficient (Wildman–Crippen LogP) is 3.26. The van der Waals surface area contributed by atoms with Crippen LogP contribution in [0.2, 0.25) is 0 Å². The van der Waals surface area contributed by atoms with Crippen LogP contribution in [0.15, 0.2) is 36.4 Å². The lowest BCUT2D eigenvalue weighted by Gasteiger charge is -2.65. The van der Waals surface area contributed by atoms with Gasteiger partial charge in [0.2, 0.25) is 0 Å². The van der Waals surface area contributed by atoms with Crippen LogP contribution in [0.4, 0.5) is 0 Å². The van der Waals surface area contributed by atoms with Crippen molar-refractivity contribution in [3.05, 3.63) is 58.7 Å². The zero-order valence-electron chi connectivity index (χ0n) is 20.6. The average molecular weight is 489 g/mol. The first-order chi connectivity index (χ1) is 17.4. The van der Waals surface area contributed by atoms with Crippen molar-refractivity contribution in [2.75, 3.05) is 20.2 Å². The minimum atomic E-state index is -1.05. The largest absolute Gasteiger partial charge is 0.504 e. The third-order valence-corrected chi connectivity index (χ3v) is 9.81. The maximum atomic E-state index is 13.4. The Balaban J connectivity index is 1.34. The Kier molecular flexibility index (Phi) is 4.68. The van der Waals surface area contributed by atoms with Crippen LogP contribution < -0.4 is 4.74 Å². The van der Waals surface area contributed by atoms with Gasteiger partial charge in [-0.15, -0.1) is 0 Å². The Morgan fingerprint density at radius 1 is 1.03 bits per heavy atom. The van der Waals surface area contributed by atoms with Gasteiger partial charge >= 0.3 is 0 Å². The third kappa shape index (κ3) is 2.81. The fraction of sp³-hybridized carbons (Fsp3) is 0.517. The van der Waals surface area contributed by atoms with Crippen LogP contribution in [-0.4, -0.2) is 69.7 Å². The van der Waals surface area contributed by atoms with Crippen molar-refractivity contribution in [2.24, 2.45) is 5.92 Å². The summed E-state index contributed by atoms with van der Waals surface area (Å²) in [5, 5.41) is 24.0. The normalized spacial score (nSPS) is 33.2. The fourth-order valence-electron chi connectivity index (χ4n) is 7.95. The molecule has 7 nitrogen and oxygen atoms in total. The fourth-order valence-corrected chi connectivity index (χ4v) is 7.95. The molecule has 188 valence electrons. The summed E-state index contributed by atoms with van der Waals surface area (Å²) in [7, 11) is 1.54. The number of aromatic hydroxyl groups is 1. The highest BCUT2D eigenvalue weighted by atomic mass is 16.5. The van der Waals surface area contributed by atoms with Crippen molar-refractivity contribution in [1.82, 2.24) is 9.80 Å². The summed E-state index contributed by atoms with van der Waals surface area (Å²) in [6, 6.07) is 10.4. The zero-order chi connectivity index (χ0) is 24.8. The molecule has 1 saturated heterocycles. The van der Waals surface area contributed by atoms with Crippen molar-refractivity contribution < 1.29 is 24.5 Å². The monoisotopic (exact) mass is 488 g/mol. The van der Waals surface area contributed by atoms with E-state index >= 15 is 0 Å². The van der Waals surface area contributed by atoms with Gasteiger partial charge in [0, 0.05) is 29.6 Å². The Morgan fingerprint density at radius 3 is 2.42 bits per heavy atom. The number of ether oxygens (including phenoxy) is 1. The molecule has 2 saturated carbocycles. The second-order valence-corrected chi connectivity index (χ2v) is 11.5. The number of methoxy groups -OCH3 is 1. The predicted molar refractivity (Wildman–Crippen MR) is 132 cm³/mol. The van der Waals surface area contributed by atoms with E-state index in [2.05, 4.69) is 4.90 Å². The van der Waals surface area contributed by atoms with Crippen LogP contribution in [0.5, 0.6) is 11.5 Å². The van der Waals surface area contributed by atoms with Crippen LogP contribution in [-0.2, 0) is 11.8 Å². The first-order valence-electron chi connectivity index (χ1n) is 13.2. The van der Waals surface area contributed by atoms with Gasteiger partial charge < -0.3 is 14.9 Å². The maximum absolute atomic E-state index is 13.4. The number of phenols is 1. The van der Waals surface area contributed by atoms with Gasteiger partial charge in [-0.2, -0.15) is 0 Å².